The van der Waals surface area contributed by atoms with Crippen LogP contribution in [0.1, 0.15) is 43.7 Å². The number of nitriles is 1. The Morgan fingerprint density at radius 3 is 2.59 bits per heavy atom. The Hall–Kier alpha value is -2.78. The fourth-order valence-electron chi connectivity index (χ4n) is 2.57. The lowest BCUT2D eigenvalue weighted by Gasteiger charge is -2.12. The quantitative estimate of drug-likeness (QED) is 0.203. The van der Waals surface area contributed by atoms with Crippen LogP contribution in [0.2, 0.25) is 0 Å². The van der Waals surface area contributed by atoms with Gasteiger partial charge in [0.25, 0.3) is 0 Å². The first kappa shape index (κ1) is 22.5. The van der Waals surface area contributed by atoms with E-state index in [-0.39, 0.29) is 12.4 Å². The molecule has 0 unspecified atom stereocenters. The van der Waals surface area contributed by atoms with E-state index in [4.69, 9.17) is 19.5 Å². The van der Waals surface area contributed by atoms with Crippen molar-refractivity contribution in [3.05, 3.63) is 58.1 Å². The summed E-state index contributed by atoms with van der Waals surface area (Å²) in [6, 6.07) is 13.1. The van der Waals surface area contributed by atoms with Crippen molar-refractivity contribution < 1.29 is 19.0 Å². The lowest BCUT2D eigenvalue weighted by Crippen LogP contribution is -2.10. The molecule has 152 valence electrons. The van der Waals surface area contributed by atoms with E-state index in [1.165, 1.54) is 18.7 Å². The van der Waals surface area contributed by atoms with Gasteiger partial charge in [0.05, 0.1) is 24.3 Å². The summed E-state index contributed by atoms with van der Waals surface area (Å²) < 4.78 is 17.3. The molecule has 0 bridgehead atoms. The number of carbonyl (C=O) groups excluding carboxylic acids is 1. The van der Waals surface area contributed by atoms with Crippen LogP contribution in [0.25, 0.3) is 6.08 Å². The van der Waals surface area contributed by atoms with E-state index in [9.17, 15) is 4.79 Å². The third-order valence-electron chi connectivity index (χ3n) is 4.17. The lowest BCUT2D eigenvalue weighted by molar-refractivity contribution is -0.134. The Morgan fingerprint density at radius 1 is 1.17 bits per heavy atom. The van der Waals surface area contributed by atoms with Gasteiger partial charge in [0.2, 0.25) is 0 Å². The van der Waals surface area contributed by atoms with E-state index in [0.29, 0.717) is 30.4 Å². The van der Waals surface area contributed by atoms with Crippen molar-refractivity contribution in [3.8, 4) is 23.3 Å². The van der Waals surface area contributed by atoms with Crippen LogP contribution in [-0.4, -0.2) is 19.7 Å². The molecule has 0 aliphatic heterocycles. The largest absolute Gasteiger partial charge is 0.493 e. The number of allylic oxidation sites excluding steroid dienone is 1. The molecule has 0 fully saturated rings. The molecule has 0 saturated heterocycles. The van der Waals surface area contributed by atoms with E-state index in [1.807, 2.05) is 18.2 Å². The van der Waals surface area contributed by atoms with Gasteiger partial charge in [-0.25, -0.2) is 0 Å². The molecule has 0 spiro atoms. The van der Waals surface area contributed by atoms with E-state index in [1.54, 1.807) is 24.3 Å². The Kier molecular flexibility index (Phi) is 8.75. The van der Waals surface area contributed by atoms with E-state index < -0.39 is 0 Å². The number of benzene rings is 2. The number of carbonyl (C=O) groups is 1. The van der Waals surface area contributed by atoms with Gasteiger partial charge in [-0.15, -0.1) is 0 Å². The number of ether oxygens (including phenoxy) is 3. The van der Waals surface area contributed by atoms with Crippen molar-refractivity contribution in [1.29, 1.82) is 5.26 Å². The lowest BCUT2D eigenvalue weighted by atomic mass is 10.0. The molecule has 2 aromatic carbocycles. The molecular formula is C23H24BrNO4. The average Bonchev–Trinajstić information content (AvgIpc) is 2.71. The molecule has 0 aromatic heterocycles. The highest BCUT2D eigenvalue weighted by Gasteiger charge is 2.11. The molecule has 0 radical (unpaired) electrons. The zero-order chi connectivity index (χ0) is 21.2. The smallest absolute Gasteiger partial charge is 0.311 e. The number of rotatable bonds is 9. The zero-order valence-corrected chi connectivity index (χ0v) is 18.4. The number of hydrogen-bond donors (Lipinski definition) is 0. The van der Waals surface area contributed by atoms with Gasteiger partial charge in [-0.05, 0) is 69.7 Å². The van der Waals surface area contributed by atoms with Crippen molar-refractivity contribution in [3.63, 3.8) is 0 Å². The maximum Gasteiger partial charge on any atom is 0.311 e. The minimum atomic E-state index is -0.360. The fraction of sp³-hybridized carbons (Fsp3) is 0.304. The van der Waals surface area contributed by atoms with Gasteiger partial charge in [-0.2, -0.15) is 5.26 Å². The predicted molar refractivity (Wildman–Crippen MR) is 116 cm³/mol. The first-order valence-electron chi connectivity index (χ1n) is 9.31. The van der Waals surface area contributed by atoms with Crippen LogP contribution in [0.3, 0.4) is 0 Å². The minimum Gasteiger partial charge on any atom is -0.493 e. The summed E-state index contributed by atoms with van der Waals surface area (Å²) in [4.78, 5) is 12.1. The maximum absolute atomic E-state index is 12.1. The number of nitrogens with zero attached hydrogens (tertiary/aromatic N) is 1. The molecular weight excluding hydrogens is 434 g/mol. The van der Waals surface area contributed by atoms with Crippen molar-refractivity contribution >= 4 is 28.0 Å². The second kappa shape index (κ2) is 11.3. The first-order valence-corrected chi connectivity index (χ1v) is 10.1. The van der Waals surface area contributed by atoms with Gasteiger partial charge in [-0.3, -0.25) is 4.79 Å². The van der Waals surface area contributed by atoms with Crippen molar-refractivity contribution in [2.24, 2.45) is 0 Å². The highest BCUT2D eigenvalue weighted by molar-refractivity contribution is 9.10. The highest BCUT2D eigenvalue weighted by Crippen LogP contribution is 2.30. The van der Waals surface area contributed by atoms with E-state index in [0.717, 1.165) is 15.8 Å². The minimum absolute atomic E-state index is 0.223. The Bertz CT molecular complexity index is 916. The van der Waals surface area contributed by atoms with Crippen LogP contribution in [-0.2, 0) is 4.79 Å². The van der Waals surface area contributed by atoms with Crippen molar-refractivity contribution in [2.75, 3.05) is 13.7 Å². The maximum atomic E-state index is 12.1. The standard InChI is InChI=1S/C23H24BrNO4/c1-16(2)18-9-11-20(19(24)15-18)28-13-5-7-23(26)29-21-10-8-17(6-4-12-25)14-22(21)27-3/h4,6,8-11,14-16H,5,7,13H2,1-3H3/b6-4-. The summed E-state index contributed by atoms with van der Waals surface area (Å²) in [5.74, 6) is 1.62. The molecule has 0 amide bonds. The van der Waals surface area contributed by atoms with Gasteiger partial charge in [0.1, 0.15) is 5.75 Å². The molecule has 0 heterocycles. The second-order valence-electron chi connectivity index (χ2n) is 6.64. The Balaban J connectivity index is 1.84. The average molecular weight is 458 g/mol. The van der Waals surface area contributed by atoms with Gasteiger partial charge < -0.3 is 14.2 Å². The van der Waals surface area contributed by atoms with Crippen LogP contribution in [0.5, 0.6) is 17.2 Å². The van der Waals surface area contributed by atoms with Crippen LogP contribution in [0.4, 0.5) is 0 Å². The summed E-state index contributed by atoms with van der Waals surface area (Å²) in [6.45, 7) is 4.68. The molecule has 0 N–H and O–H groups in total. The predicted octanol–water partition coefficient (Wildman–Crippen LogP) is 5.88. The van der Waals surface area contributed by atoms with E-state index in [2.05, 4.69) is 35.8 Å². The van der Waals surface area contributed by atoms with Crippen LogP contribution < -0.4 is 14.2 Å². The Labute approximate surface area is 180 Å². The summed E-state index contributed by atoms with van der Waals surface area (Å²) in [6.07, 6.45) is 3.77. The molecule has 2 aromatic rings. The monoisotopic (exact) mass is 457 g/mol. The third-order valence-corrected chi connectivity index (χ3v) is 4.79. The molecule has 6 heteroatoms. The van der Waals surface area contributed by atoms with E-state index >= 15 is 0 Å². The first-order chi connectivity index (χ1) is 13.9. The number of halogens is 1. The Morgan fingerprint density at radius 2 is 1.93 bits per heavy atom. The molecule has 0 atom stereocenters. The van der Waals surface area contributed by atoms with Crippen molar-refractivity contribution in [2.45, 2.75) is 32.6 Å². The summed E-state index contributed by atoms with van der Waals surface area (Å²) in [5, 5.41) is 8.60. The summed E-state index contributed by atoms with van der Waals surface area (Å²) in [7, 11) is 1.50. The van der Waals surface area contributed by atoms with Gasteiger partial charge in [0.15, 0.2) is 11.5 Å². The molecule has 29 heavy (non-hydrogen) atoms. The normalized spacial score (nSPS) is 10.8. The van der Waals surface area contributed by atoms with Crippen molar-refractivity contribution in [1.82, 2.24) is 0 Å². The summed E-state index contributed by atoms with van der Waals surface area (Å²) in [5.41, 5.74) is 2.02. The molecule has 0 aliphatic rings. The van der Waals surface area contributed by atoms with Gasteiger partial charge in [0, 0.05) is 12.5 Å². The second-order valence-corrected chi connectivity index (χ2v) is 7.50. The number of esters is 1. The third kappa shape index (κ3) is 6.95. The van der Waals surface area contributed by atoms with Gasteiger partial charge >= 0.3 is 5.97 Å². The van der Waals surface area contributed by atoms with Gasteiger partial charge in [-0.1, -0.05) is 26.0 Å². The van der Waals surface area contributed by atoms with Crippen LogP contribution in [0, 0.1) is 11.3 Å². The SMILES string of the molecule is COc1cc(/C=C\C#N)ccc1OC(=O)CCCOc1ccc(C(C)C)cc1Br. The number of hydrogen-bond acceptors (Lipinski definition) is 5. The molecule has 0 saturated carbocycles. The molecule has 2 rings (SSSR count). The topological polar surface area (TPSA) is 68.5 Å². The van der Waals surface area contributed by atoms with Crippen LogP contribution in [0.15, 0.2) is 46.9 Å². The molecule has 5 nitrogen and oxygen atoms in total. The summed E-state index contributed by atoms with van der Waals surface area (Å²) >= 11 is 3.52. The highest BCUT2D eigenvalue weighted by atomic mass is 79.9. The fourth-order valence-corrected chi connectivity index (χ4v) is 3.08. The van der Waals surface area contributed by atoms with Crippen LogP contribution >= 0.6 is 15.9 Å². The molecule has 0 aliphatic carbocycles. The number of methoxy groups -OCH3 is 1. The zero-order valence-electron chi connectivity index (χ0n) is 16.8.